The van der Waals surface area contributed by atoms with E-state index in [0.717, 1.165) is 22.0 Å². The van der Waals surface area contributed by atoms with Crippen LogP contribution in [-0.4, -0.2) is 25.7 Å². The molecule has 4 rings (SSSR count). The zero-order valence-corrected chi connectivity index (χ0v) is 18.2. The van der Waals surface area contributed by atoms with Crippen molar-refractivity contribution in [3.8, 4) is 16.9 Å². The summed E-state index contributed by atoms with van der Waals surface area (Å²) in [5.74, 6) is -0.494. The molecule has 3 heterocycles. The molecule has 0 saturated heterocycles. The Kier molecular flexibility index (Phi) is 5.90. The van der Waals surface area contributed by atoms with E-state index >= 15 is 0 Å². The number of nitrogens with one attached hydrogen (secondary N) is 1. The second-order valence-electron chi connectivity index (χ2n) is 7.49. The quantitative estimate of drug-likeness (QED) is 0.455. The molecule has 0 aliphatic carbocycles. The first-order chi connectivity index (χ1) is 14.9. The van der Waals surface area contributed by atoms with Gasteiger partial charge in [-0.25, -0.2) is 14.1 Å². The molecule has 1 amide bonds. The molecule has 0 aliphatic rings. The van der Waals surface area contributed by atoms with E-state index in [-0.39, 0.29) is 23.7 Å². The zero-order valence-electron chi connectivity index (χ0n) is 17.4. The largest absolute Gasteiger partial charge is 0.343 e. The minimum Gasteiger partial charge on any atom is -0.343 e. The number of carbonyl (C=O) groups excluding carboxylic acids is 1. The summed E-state index contributed by atoms with van der Waals surface area (Å²) >= 11 is 1.49. The zero-order chi connectivity index (χ0) is 22.0. The van der Waals surface area contributed by atoms with E-state index in [2.05, 4.69) is 20.4 Å². The first-order valence-electron chi connectivity index (χ1n) is 9.94. The Balaban J connectivity index is 1.56. The maximum atomic E-state index is 13.3. The number of benzene rings is 1. The second-order valence-corrected chi connectivity index (χ2v) is 8.38. The molecule has 1 atom stereocenters. The van der Waals surface area contributed by atoms with Gasteiger partial charge in [-0.3, -0.25) is 9.78 Å². The average Bonchev–Trinajstić information content (AvgIpc) is 3.43. The lowest BCUT2D eigenvalue weighted by molar-refractivity contribution is 0.0938. The molecule has 1 N–H and O–H groups in total. The molecule has 0 aliphatic heterocycles. The molecule has 1 aromatic carbocycles. The van der Waals surface area contributed by atoms with Crippen molar-refractivity contribution in [1.29, 1.82) is 0 Å². The van der Waals surface area contributed by atoms with Crippen LogP contribution in [0.5, 0.6) is 0 Å². The Hall–Kier alpha value is -3.39. The third kappa shape index (κ3) is 4.39. The van der Waals surface area contributed by atoms with E-state index in [1.807, 2.05) is 38.3 Å². The topological polar surface area (TPSA) is 72.7 Å². The Morgan fingerprint density at radius 1 is 1.13 bits per heavy atom. The van der Waals surface area contributed by atoms with Crippen LogP contribution in [0.15, 0.2) is 60.4 Å². The first-order valence-corrected chi connectivity index (χ1v) is 10.8. The summed E-state index contributed by atoms with van der Waals surface area (Å²) in [5.41, 5.74) is 3.74. The van der Waals surface area contributed by atoms with Crippen LogP contribution in [0.3, 0.4) is 0 Å². The predicted molar refractivity (Wildman–Crippen MR) is 119 cm³/mol. The van der Waals surface area contributed by atoms with Gasteiger partial charge in [0.05, 0.1) is 34.9 Å². The van der Waals surface area contributed by atoms with Gasteiger partial charge in [0, 0.05) is 23.3 Å². The number of hydrogen-bond acceptors (Lipinski definition) is 5. The van der Waals surface area contributed by atoms with E-state index in [0.29, 0.717) is 11.3 Å². The number of nitrogens with zero attached hydrogens (tertiary/aromatic N) is 4. The van der Waals surface area contributed by atoms with Crippen LogP contribution in [0.1, 0.15) is 53.8 Å². The normalized spacial score (nSPS) is 12.2. The molecule has 0 fully saturated rings. The van der Waals surface area contributed by atoms with Crippen LogP contribution in [0, 0.1) is 5.82 Å². The number of rotatable bonds is 6. The van der Waals surface area contributed by atoms with Crippen molar-refractivity contribution in [2.24, 2.45) is 0 Å². The monoisotopic (exact) mass is 435 g/mol. The van der Waals surface area contributed by atoms with Crippen LogP contribution in [-0.2, 0) is 0 Å². The van der Waals surface area contributed by atoms with Gasteiger partial charge in [-0.05, 0) is 49.2 Å². The fraction of sp³-hybridized carbons (Fsp3) is 0.217. The third-order valence-electron chi connectivity index (χ3n) is 4.87. The molecule has 8 heteroatoms. The highest BCUT2D eigenvalue weighted by molar-refractivity contribution is 7.10. The molecule has 0 radical (unpaired) electrons. The molecule has 3 aromatic heterocycles. The number of hydrogen-bond donors (Lipinski definition) is 1. The molecule has 0 saturated carbocycles. The molecule has 6 nitrogen and oxygen atoms in total. The van der Waals surface area contributed by atoms with E-state index in [1.54, 1.807) is 35.4 Å². The van der Waals surface area contributed by atoms with Gasteiger partial charge in [-0.1, -0.05) is 13.8 Å². The lowest BCUT2D eigenvalue weighted by Gasteiger charge is -2.15. The smallest absolute Gasteiger partial charge is 0.255 e. The number of aromatic nitrogens is 4. The van der Waals surface area contributed by atoms with Crippen molar-refractivity contribution < 1.29 is 9.18 Å². The van der Waals surface area contributed by atoms with E-state index < -0.39 is 0 Å². The van der Waals surface area contributed by atoms with Gasteiger partial charge >= 0.3 is 0 Å². The molecule has 1 unspecified atom stereocenters. The van der Waals surface area contributed by atoms with Crippen LogP contribution >= 0.6 is 11.3 Å². The van der Waals surface area contributed by atoms with Crippen molar-refractivity contribution in [1.82, 2.24) is 25.1 Å². The highest BCUT2D eigenvalue weighted by Gasteiger charge is 2.23. The summed E-state index contributed by atoms with van der Waals surface area (Å²) in [7, 11) is 0. The molecular formula is C23H22FN5OS. The van der Waals surface area contributed by atoms with Gasteiger partial charge in [0.25, 0.3) is 5.91 Å². The summed E-state index contributed by atoms with van der Waals surface area (Å²) in [6.45, 7) is 5.90. The van der Waals surface area contributed by atoms with Gasteiger partial charge < -0.3 is 5.32 Å². The molecule has 4 aromatic rings. The van der Waals surface area contributed by atoms with Gasteiger partial charge in [0.2, 0.25) is 0 Å². The highest BCUT2D eigenvalue weighted by atomic mass is 32.1. The fourth-order valence-electron chi connectivity index (χ4n) is 3.35. The van der Waals surface area contributed by atoms with Crippen molar-refractivity contribution in [3.05, 3.63) is 82.5 Å². The number of halogens is 1. The van der Waals surface area contributed by atoms with Crippen molar-refractivity contribution in [2.75, 3.05) is 0 Å². The number of amides is 1. The SMILES string of the molecule is CC(C)c1c(C(=O)NC(C)c2nc(-c3cccnc3)cs2)cnn1-c1ccc(F)cc1. The summed E-state index contributed by atoms with van der Waals surface area (Å²) < 4.78 is 15.0. The number of thiazole rings is 1. The van der Waals surface area contributed by atoms with Gasteiger partial charge in [-0.2, -0.15) is 5.10 Å². The lowest BCUT2D eigenvalue weighted by atomic mass is 10.0. The van der Waals surface area contributed by atoms with Gasteiger partial charge in [0.1, 0.15) is 10.8 Å². The maximum Gasteiger partial charge on any atom is 0.255 e. The summed E-state index contributed by atoms with van der Waals surface area (Å²) in [6, 6.07) is 9.61. The molecular weight excluding hydrogens is 413 g/mol. The minimum atomic E-state index is -0.317. The van der Waals surface area contributed by atoms with Gasteiger partial charge in [-0.15, -0.1) is 11.3 Å². The van der Waals surface area contributed by atoms with Crippen molar-refractivity contribution in [3.63, 3.8) is 0 Å². The van der Waals surface area contributed by atoms with Crippen LogP contribution < -0.4 is 5.32 Å². The Bertz CT molecular complexity index is 1180. The highest BCUT2D eigenvalue weighted by Crippen LogP contribution is 2.27. The average molecular weight is 436 g/mol. The second kappa shape index (κ2) is 8.77. The summed E-state index contributed by atoms with van der Waals surface area (Å²) in [4.78, 5) is 21.9. The van der Waals surface area contributed by atoms with E-state index in [9.17, 15) is 9.18 Å². The number of pyridine rings is 1. The van der Waals surface area contributed by atoms with E-state index in [4.69, 9.17) is 0 Å². The van der Waals surface area contributed by atoms with Gasteiger partial charge in [0.15, 0.2) is 0 Å². The molecule has 31 heavy (non-hydrogen) atoms. The third-order valence-corrected chi connectivity index (χ3v) is 5.89. The predicted octanol–water partition coefficient (Wildman–Crippen LogP) is 5.14. The molecule has 0 bridgehead atoms. The van der Waals surface area contributed by atoms with E-state index in [1.165, 1.54) is 23.5 Å². The summed E-state index contributed by atoms with van der Waals surface area (Å²) in [6.07, 6.45) is 5.04. The minimum absolute atomic E-state index is 0.0423. The Morgan fingerprint density at radius 2 is 1.90 bits per heavy atom. The van der Waals surface area contributed by atoms with Crippen molar-refractivity contribution >= 4 is 17.2 Å². The number of carbonyl (C=O) groups is 1. The molecule has 158 valence electrons. The molecule has 0 spiro atoms. The fourth-order valence-corrected chi connectivity index (χ4v) is 4.18. The standard InChI is InChI=1S/C23H22FN5OS/c1-14(2)21-19(12-26-29(21)18-8-6-17(24)7-9-18)22(30)27-15(3)23-28-20(13-31-23)16-5-4-10-25-11-16/h4-15H,1-3H3,(H,27,30). The van der Waals surface area contributed by atoms with Crippen molar-refractivity contribution in [2.45, 2.75) is 32.7 Å². The lowest BCUT2D eigenvalue weighted by Crippen LogP contribution is -2.27. The van der Waals surface area contributed by atoms with Crippen LogP contribution in [0.25, 0.3) is 16.9 Å². The Labute approximate surface area is 183 Å². The van der Waals surface area contributed by atoms with Crippen LogP contribution in [0.2, 0.25) is 0 Å². The van der Waals surface area contributed by atoms with Crippen LogP contribution in [0.4, 0.5) is 4.39 Å². The first kappa shape index (κ1) is 20.9. The summed E-state index contributed by atoms with van der Waals surface area (Å²) in [5, 5.41) is 10.2. The maximum absolute atomic E-state index is 13.3. The Morgan fingerprint density at radius 3 is 2.58 bits per heavy atom.